The number of nitrogens with one attached hydrogen (secondary N) is 2. The van der Waals surface area contributed by atoms with Crippen molar-refractivity contribution in [3.8, 4) is 0 Å². The molecule has 2 unspecified atom stereocenters. The maximum absolute atomic E-state index is 10.2. The summed E-state index contributed by atoms with van der Waals surface area (Å²) in [5, 5.41) is 15.4. The molecule has 1 saturated heterocycles. The number of hydrogen-bond donors (Lipinski definition) is 3. The average molecular weight is 358 g/mol. The van der Waals surface area contributed by atoms with Gasteiger partial charge in [0.1, 0.15) is 5.82 Å². The SMILES string of the molecule is [B]C([B])([B])Nc1nc(NC2CN(C)CC2O)nc2nc3c(c(C)c12)CCC3. The number of hydrogen-bond acceptors (Lipinski definition) is 7. The first kappa shape index (κ1) is 18.6. The summed E-state index contributed by atoms with van der Waals surface area (Å²) in [6.45, 7) is 3.33. The van der Waals surface area contributed by atoms with Gasteiger partial charge >= 0.3 is 0 Å². The highest BCUT2D eigenvalue weighted by Gasteiger charge is 2.30. The number of rotatable bonds is 4. The molecule has 4 rings (SSSR count). The highest BCUT2D eigenvalue weighted by atomic mass is 16.3. The minimum absolute atomic E-state index is 0.172. The van der Waals surface area contributed by atoms with Gasteiger partial charge in [-0.25, -0.2) is 4.98 Å². The molecule has 0 aromatic carbocycles. The van der Waals surface area contributed by atoms with Gasteiger partial charge in [0.25, 0.3) is 0 Å². The molecule has 2 atom stereocenters. The predicted octanol–water partition coefficient (Wildman–Crippen LogP) is -0.563. The van der Waals surface area contributed by atoms with Gasteiger partial charge in [0.05, 0.1) is 41.1 Å². The van der Waals surface area contributed by atoms with Crippen LogP contribution in [0.5, 0.6) is 0 Å². The number of pyridine rings is 1. The van der Waals surface area contributed by atoms with Crippen LogP contribution in [-0.2, 0) is 12.8 Å². The molecule has 3 N–H and O–H groups in total. The second-order valence-corrected chi connectivity index (χ2v) is 7.71. The minimum Gasteiger partial charge on any atom is -0.390 e. The number of anilines is 2. The third-order valence-electron chi connectivity index (χ3n) is 5.27. The first-order valence-electron chi connectivity index (χ1n) is 9.19. The number of aliphatic hydroxyl groups is 1. The van der Waals surface area contributed by atoms with Gasteiger partial charge in [-0.3, -0.25) is 0 Å². The summed E-state index contributed by atoms with van der Waals surface area (Å²) < 4.78 is 0. The van der Waals surface area contributed by atoms with E-state index in [4.69, 9.17) is 28.5 Å². The fraction of sp³-hybridized carbons (Fsp3) is 0.588. The van der Waals surface area contributed by atoms with Crippen LogP contribution < -0.4 is 10.6 Å². The zero-order chi connectivity index (χ0) is 19.3. The zero-order valence-corrected chi connectivity index (χ0v) is 15.7. The normalized spacial score (nSPS) is 22.9. The molecule has 0 amide bonds. The molecule has 0 bridgehead atoms. The average Bonchev–Trinajstić information content (AvgIpc) is 3.12. The lowest BCUT2D eigenvalue weighted by atomic mass is 9.49. The summed E-state index contributed by atoms with van der Waals surface area (Å²) in [7, 11) is 19.3. The maximum atomic E-state index is 10.2. The summed E-state index contributed by atoms with van der Waals surface area (Å²) >= 11 is 0. The monoisotopic (exact) mass is 358 g/mol. The van der Waals surface area contributed by atoms with Gasteiger partial charge in [0, 0.05) is 18.8 Å². The van der Waals surface area contributed by atoms with E-state index in [9.17, 15) is 5.11 Å². The number of fused-ring (bicyclic) bond motifs is 2. The van der Waals surface area contributed by atoms with Crippen LogP contribution in [0.3, 0.4) is 0 Å². The molecule has 27 heavy (non-hydrogen) atoms. The van der Waals surface area contributed by atoms with Crippen LogP contribution in [0.2, 0.25) is 0 Å². The van der Waals surface area contributed by atoms with Crippen LogP contribution in [0.25, 0.3) is 11.0 Å². The highest BCUT2D eigenvalue weighted by Crippen LogP contribution is 2.33. The van der Waals surface area contributed by atoms with E-state index < -0.39 is 11.3 Å². The summed E-state index contributed by atoms with van der Waals surface area (Å²) in [5.41, 5.74) is 3.96. The highest BCUT2D eigenvalue weighted by molar-refractivity contribution is 6.60. The molecule has 1 aliphatic heterocycles. The number of likely N-dealkylation sites (N-methyl/N-ethyl adjacent to an activating group) is 1. The number of likely N-dealkylation sites (tertiary alicyclic amines) is 1. The molecule has 3 heterocycles. The van der Waals surface area contributed by atoms with Gasteiger partial charge in [-0.1, -0.05) is 5.24 Å². The van der Waals surface area contributed by atoms with Crippen LogP contribution in [0, 0.1) is 6.92 Å². The van der Waals surface area contributed by atoms with Crippen molar-refractivity contribution in [2.24, 2.45) is 0 Å². The summed E-state index contributed by atoms with van der Waals surface area (Å²) in [6, 6.07) is -0.172. The maximum Gasteiger partial charge on any atom is 0.227 e. The van der Waals surface area contributed by atoms with E-state index in [-0.39, 0.29) is 6.04 Å². The lowest BCUT2D eigenvalue weighted by Crippen LogP contribution is -2.40. The molecule has 2 aromatic rings. The van der Waals surface area contributed by atoms with Crippen molar-refractivity contribution in [3.05, 3.63) is 16.8 Å². The van der Waals surface area contributed by atoms with Crippen molar-refractivity contribution in [2.75, 3.05) is 30.8 Å². The molecule has 10 heteroatoms. The van der Waals surface area contributed by atoms with E-state index in [1.807, 2.05) is 18.9 Å². The van der Waals surface area contributed by atoms with Gasteiger partial charge in [0.15, 0.2) is 5.65 Å². The molecule has 2 aliphatic rings. The Balaban J connectivity index is 1.80. The Labute approximate surface area is 163 Å². The number of β-amino-alcohol motifs (C(OH)–C–C–N with tert-alkyl or cyclic N) is 1. The first-order chi connectivity index (χ1) is 12.7. The van der Waals surface area contributed by atoms with Gasteiger partial charge < -0.3 is 20.6 Å². The minimum atomic E-state index is -1.63. The predicted molar refractivity (Wildman–Crippen MR) is 109 cm³/mol. The molecule has 1 aliphatic carbocycles. The van der Waals surface area contributed by atoms with Crippen molar-refractivity contribution in [1.29, 1.82) is 0 Å². The number of nitrogens with zero attached hydrogens (tertiary/aromatic N) is 4. The Morgan fingerprint density at radius 2 is 1.93 bits per heavy atom. The molecule has 0 spiro atoms. The Morgan fingerprint density at radius 3 is 2.59 bits per heavy atom. The van der Waals surface area contributed by atoms with Crippen molar-refractivity contribution >= 4 is 46.3 Å². The third kappa shape index (κ3) is 3.65. The molecule has 2 aromatic heterocycles. The van der Waals surface area contributed by atoms with Gasteiger partial charge in [-0.15, -0.1) is 0 Å². The Kier molecular flexibility index (Phi) is 4.59. The second-order valence-electron chi connectivity index (χ2n) is 7.71. The standard InChI is InChI=1S/C17H21B3N6O/c1-8-9-4-3-5-10(9)21-14-13(8)15(25-17(18,19)20)24-16(23-14)22-11-6-26(2)7-12(11)27/h11-12,27H,3-7H2,1-2H3,(H2,21,22,23,24,25). The Bertz CT molecular complexity index is 887. The van der Waals surface area contributed by atoms with Crippen LogP contribution >= 0.6 is 0 Å². The lowest BCUT2D eigenvalue weighted by molar-refractivity contribution is 0.174. The van der Waals surface area contributed by atoms with Crippen LogP contribution in [-0.4, -0.2) is 86.0 Å². The first-order valence-corrected chi connectivity index (χ1v) is 9.19. The number of aryl methyl sites for hydroxylation is 2. The molecule has 134 valence electrons. The second kappa shape index (κ2) is 6.67. The van der Waals surface area contributed by atoms with Crippen LogP contribution in [0.1, 0.15) is 23.2 Å². The molecule has 7 nitrogen and oxygen atoms in total. The fourth-order valence-electron chi connectivity index (χ4n) is 4.06. The van der Waals surface area contributed by atoms with E-state index in [0.29, 0.717) is 30.5 Å². The van der Waals surface area contributed by atoms with E-state index in [1.54, 1.807) is 0 Å². The molecule has 1 fully saturated rings. The number of aromatic nitrogens is 3. The molecule has 6 radical (unpaired) electrons. The third-order valence-corrected chi connectivity index (χ3v) is 5.27. The quantitative estimate of drug-likeness (QED) is 0.632. The molecule has 0 saturated carbocycles. The van der Waals surface area contributed by atoms with Crippen LogP contribution in [0.15, 0.2) is 0 Å². The van der Waals surface area contributed by atoms with E-state index in [0.717, 1.165) is 35.9 Å². The van der Waals surface area contributed by atoms with Crippen molar-refractivity contribution in [2.45, 2.75) is 43.6 Å². The van der Waals surface area contributed by atoms with E-state index >= 15 is 0 Å². The summed E-state index contributed by atoms with van der Waals surface area (Å²) in [5.74, 6) is 0.800. The topological polar surface area (TPSA) is 86.2 Å². The largest absolute Gasteiger partial charge is 0.390 e. The van der Waals surface area contributed by atoms with E-state index in [1.165, 1.54) is 5.56 Å². The van der Waals surface area contributed by atoms with Gasteiger partial charge in [0.2, 0.25) is 5.95 Å². The summed E-state index contributed by atoms with van der Waals surface area (Å²) in [4.78, 5) is 15.9. The van der Waals surface area contributed by atoms with Gasteiger partial charge in [-0.05, 0) is 44.4 Å². The lowest BCUT2D eigenvalue weighted by Gasteiger charge is -2.25. The van der Waals surface area contributed by atoms with E-state index in [2.05, 4.69) is 20.6 Å². The van der Waals surface area contributed by atoms with Crippen molar-refractivity contribution in [3.63, 3.8) is 0 Å². The molecular weight excluding hydrogens is 337 g/mol. The fourth-order valence-corrected chi connectivity index (χ4v) is 4.06. The van der Waals surface area contributed by atoms with Crippen LogP contribution in [0.4, 0.5) is 11.8 Å². The van der Waals surface area contributed by atoms with Crippen molar-refractivity contribution in [1.82, 2.24) is 19.9 Å². The Hall–Kier alpha value is -1.80. The smallest absolute Gasteiger partial charge is 0.227 e. The zero-order valence-electron chi connectivity index (χ0n) is 15.7. The molecular formula is C17H21B3N6O. The number of aliphatic hydroxyl groups excluding tert-OH is 1. The summed E-state index contributed by atoms with van der Waals surface area (Å²) in [6.07, 6.45) is 2.51. The van der Waals surface area contributed by atoms with Crippen molar-refractivity contribution < 1.29 is 5.11 Å². The van der Waals surface area contributed by atoms with Gasteiger partial charge in [-0.2, -0.15) is 9.97 Å². The Morgan fingerprint density at radius 1 is 1.15 bits per heavy atom.